The minimum atomic E-state index is -0.328. The van der Waals surface area contributed by atoms with E-state index in [1.54, 1.807) is 24.3 Å². The van der Waals surface area contributed by atoms with Gasteiger partial charge < -0.3 is 15.5 Å². The Kier molecular flexibility index (Phi) is 5.56. The highest BCUT2D eigenvalue weighted by atomic mass is 16.2. The molecule has 2 aromatic carbocycles. The molecule has 0 radical (unpaired) electrons. The van der Waals surface area contributed by atoms with Crippen molar-refractivity contribution < 1.29 is 9.59 Å². The summed E-state index contributed by atoms with van der Waals surface area (Å²) in [4.78, 5) is 26.7. The number of urea groups is 1. The molecule has 1 aliphatic rings. The lowest BCUT2D eigenvalue weighted by Crippen LogP contribution is -2.37. The van der Waals surface area contributed by atoms with Crippen LogP contribution in [0.4, 0.5) is 16.2 Å². The fraction of sp³-hybridized carbons (Fsp3) is 0.333. The molecule has 2 aromatic rings. The zero-order valence-electron chi connectivity index (χ0n) is 15.3. The number of aryl methyl sites for hydroxylation is 1. The lowest BCUT2D eigenvalue weighted by atomic mass is 9.98. The number of nitrogens with one attached hydrogen (secondary N) is 2. The number of nitrogens with zero attached hydrogens (tertiary/aromatic N) is 1. The summed E-state index contributed by atoms with van der Waals surface area (Å²) in [5.74, 6) is 0.706. The largest absolute Gasteiger partial charge is 0.339 e. The van der Waals surface area contributed by atoms with Crippen LogP contribution in [-0.2, 0) is 0 Å². The molecule has 1 heterocycles. The first-order valence-electron chi connectivity index (χ1n) is 9.05. The molecule has 0 saturated carbocycles. The Morgan fingerprint density at radius 2 is 1.62 bits per heavy atom. The number of likely N-dealkylation sites (tertiary alicyclic amines) is 1. The summed E-state index contributed by atoms with van der Waals surface area (Å²) in [6.45, 7) is 5.81. The first-order valence-corrected chi connectivity index (χ1v) is 9.05. The van der Waals surface area contributed by atoms with Crippen molar-refractivity contribution in [2.24, 2.45) is 5.92 Å². The zero-order chi connectivity index (χ0) is 18.5. The third-order valence-electron chi connectivity index (χ3n) is 4.75. The Labute approximate surface area is 154 Å². The third kappa shape index (κ3) is 4.63. The number of amides is 3. The van der Waals surface area contributed by atoms with Crippen LogP contribution >= 0.6 is 0 Å². The van der Waals surface area contributed by atoms with Crippen molar-refractivity contribution in [3.8, 4) is 0 Å². The van der Waals surface area contributed by atoms with E-state index in [0.29, 0.717) is 17.2 Å². The number of carbonyl (C=O) groups is 2. The predicted molar refractivity (Wildman–Crippen MR) is 105 cm³/mol. The lowest BCUT2D eigenvalue weighted by Gasteiger charge is -2.30. The maximum absolute atomic E-state index is 12.7. The van der Waals surface area contributed by atoms with Crippen LogP contribution in [0.3, 0.4) is 0 Å². The standard InChI is InChI=1S/C21H25N3O2/c1-15-6-8-18(9-7-15)22-21(26)23-19-5-3-4-17(14-19)20(25)24-12-10-16(2)11-13-24/h3-9,14,16H,10-13H2,1-2H3,(H2,22,23,26). The minimum Gasteiger partial charge on any atom is -0.339 e. The summed E-state index contributed by atoms with van der Waals surface area (Å²) >= 11 is 0. The third-order valence-corrected chi connectivity index (χ3v) is 4.75. The summed E-state index contributed by atoms with van der Waals surface area (Å²) in [6, 6.07) is 14.4. The van der Waals surface area contributed by atoms with Crippen LogP contribution < -0.4 is 10.6 Å². The van der Waals surface area contributed by atoms with Gasteiger partial charge in [-0.2, -0.15) is 0 Å². The van der Waals surface area contributed by atoms with Gasteiger partial charge in [-0.25, -0.2) is 4.79 Å². The van der Waals surface area contributed by atoms with Crippen molar-refractivity contribution in [2.75, 3.05) is 23.7 Å². The Balaban J connectivity index is 1.62. The Morgan fingerprint density at radius 1 is 0.962 bits per heavy atom. The number of hydrogen-bond acceptors (Lipinski definition) is 2. The quantitative estimate of drug-likeness (QED) is 0.854. The highest BCUT2D eigenvalue weighted by molar-refractivity contribution is 6.01. The smallest absolute Gasteiger partial charge is 0.323 e. The molecule has 136 valence electrons. The molecule has 5 heteroatoms. The molecule has 26 heavy (non-hydrogen) atoms. The topological polar surface area (TPSA) is 61.4 Å². The van der Waals surface area contributed by atoms with Gasteiger partial charge >= 0.3 is 6.03 Å². The molecule has 0 spiro atoms. The van der Waals surface area contributed by atoms with Gasteiger partial charge in [0.25, 0.3) is 5.91 Å². The van der Waals surface area contributed by atoms with Gasteiger partial charge in [0.15, 0.2) is 0 Å². The van der Waals surface area contributed by atoms with Gasteiger partial charge in [0, 0.05) is 30.0 Å². The normalized spacial score (nSPS) is 14.8. The average Bonchev–Trinajstić information content (AvgIpc) is 2.64. The number of carbonyl (C=O) groups excluding carboxylic acids is 2. The maximum atomic E-state index is 12.7. The second kappa shape index (κ2) is 8.04. The highest BCUT2D eigenvalue weighted by Gasteiger charge is 2.21. The minimum absolute atomic E-state index is 0.0273. The van der Waals surface area contributed by atoms with Gasteiger partial charge in [-0.1, -0.05) is 30.7 Å². The van der Waals surface area contributed by atoms with E-state index in [1.807, 2.05) is 36.1 Å². The van der Waals surface area contributed by atoms with Gasteiger partial charge in [-0.3, -0.25) is 4.79 Å². The molecular formula is C21H25N3O2. The van der Waals surface area contributed by atoms with Crippen LogP contribution in [0.2, 0.25) is 0 Å². The Bertz CT molecular complexity index is 778. The van der Waals surface area contributed by atoms with Crippen LogP contribution in [0, 0.1) is 12.8 Å². The molecular weight excluding hydrogens is 326 g/mol. The maximum Gasteiger partial charge on any atom is 0.323 e. The van der Waals surface area contributed by atoms with Crippen molar-refractivity contribution in [3.63, 3.8) is 0 Å². The van der Waals surface area contributed by atoms with E-state index < -0.39 is 0 Å². The van der Waals surface area contributed by atoms with Crippen LogP contribution in [0.15, 0.2) is 48.5 Å². The second-order valence-electron chi connectivity index (χ2n) is 7.00. The zero-order valence-corrected chi connectivity index (χ0v) is 15.3. The first kappa shape index (κ1) is 18.0. The Hall–Kier alpha value is -2.82. The molecule has 1 aliphatic heterocycles. The molecule has 1 fully saturated rings. The number of piperidine rings is 1. The SMILES string of the molecule is Cc1ccc(NC(=O)Nc2cccc(C(=O)N3CCC(C)CC3)c2)cc1. The van der Waals surface area contributed by atoms with E-state index in [9.17, 15) is 9.59 Å². The summed E-state index contributed by atoms with van der Waals surface area (Å²) in [5.41, 5.74) is 3.07. The Morgan fingerprint density at radius 3 is 2.31 bits per heavy atom. The van der Waals surface area contributed by atoms with Crippen molar-refractivity contribution >= 4 is 23.3 Å². The lowest BCUT2D eigenvalue weighted by molar-refractivity contribution is 0.0697. The molecule has 0 aromatic heterocycles. The van der Waals surface area contributed by atoms with Gasteiger partial charge in [0.2, 0.25) is 0 Å². The number of rotatable bonds is 3. The van der Waals surface area contributed by atoms with Crippen LogP contribution in [0.5, 0.6) is 0 Å². The summed E-state index contributed by atoms with van der Waals surface area (Å²) in [6.07, 6.45) is 2.09. The average molecular weight is 351 g/mol. The first-order chi connectivity index (χ1) is 12.5. The van der Waals surface area contributed by atoms with Crippen molar-refractivity contribution in [1.29, 1.82) is 0 Å². The van der Waals surface area contributed by atoms with Crippen molar-refractivity contribution in [3.05, 3.63) is 59.7 Å². The highest BCUT2D eigenvalue weighted by Crippen LogP contribution is 2.20. The van der Waals surface area contributed by atoms with E-state index in [1.165, 1.54) is 0 Å². The van der Waals surface area contributed by atoms with Crippen molar-refractivity contribution in [1.82, 2.24) is 4.90 Å². The van der Waals surface area contributed by atoms with Crippen molar-refractivity contribution in [2.45, 2.75) is 26.7 Å². The molecule has 2 N–H and O–H groups in total. The van der Waals surface area contributed by atoms with Crippen LogP contribution in [-0.4, -0.2) is 29.9 Å². The fourth-order valence-electron chi connectivity index (χ4n) is 3.05. The number of anilines is 2. The molecule has 3 amide bonds. The molecule has 5 nitrogen and oxygen atoms in total. The predicted octanol–water partition coefficient (Wildman–Crippen LogP) is 4.51. The van der Waals surface area contributed by atoms with Crippen LogP contribution in [0.1, 0.15) is 35.7 Å². The second-order valence-corrected chi connectivity index (χ2v) is 7.00. The summed E-state index contributed by atoms with van der Waals surface area (Å²) in [5, 5.41) is 5.58. The molecule has 0 unspecified atom stereocenters. The van der Waals surface area contributed by atoms with E-state index in [2.05, 4.69) is 17.6 Å². The molecule has 0 bridgehead atoms. The summed E-state index contributed by atoms with van der Waals surface area (Å²) in [7, 11) is 0. The van der Waals surface area contributed by atoms with Gasteiger partial charge in [-0.15, -0.1) is 0 Å². The van der Waals surface area contributed by atoms with E-state index in [4.69, 9.17) is 0 Å². The molecule has 1 saturated heterocycles. The monoisotopic (exact) mass is 351 g/mol. The number of hydrogen-bond donors (Lipinski definition) is 2. The molecule has 3 rings (SSSR count). The fourth-order valence-corrected chi connectivity index (χ4v) is 3.05. The van der Waals surface area contributed by atoms with E-state index in [0.717, 1.165) is 37.2 Å². The number of benzene rings is 2. The molecule has 0 aliphatic carbocycles. The van der Waals surface area contributed by atoms with Gasteiger partial charge in [0.1, 0.15) is 0 Å². The summed E-state index contributed by atoms with van der Waals surface area (Å²) < 4.78 is 0. The van der Waals surface area contributed by atoms with Gasteiger partial charge in [0.05, 0.1) is 0 Å². The van der Waals surface area contributed by atoms with E-state index in [-0.39, 0.29) is 11.9 Å². The van der Waals surface area contributed by atoms with E-state index >= 15 is 0 Å². The van der Waals surface area contributed by atoms with Crippen LogP contribution in [0.25, 0.3) is 0 Å². The molecule has 0 atom stereocenters. The van der Waals surface area contributed by atoms with Gasteiger partial charge in [-0.05, 0) is 56.0 Å².